The van der Waals surface area contributed by atoms with Crippen molar-refractivity contribution in [1.29, 1.82) is 0 Å². The largest absolute Gasteiger partial charge is 0.326 e. The zero-order valence-corrected chi connectivity index (χ0v) is 21.4. The van der Waals surface area contributed by atoms with Crippen molar-refractivity contribution in [2.24, 2.45) is 5.41 Å². The van der Waals surface area contributed by atoms with Gasteiger partial charge < -0.3 is 9.88 Å². The maximum absolute atomic E-state index is 12.9. The van der Waals surface area contributed by atoms with Crippen LogP contribution in [-0.4, -0.2) is 24.0 Å². The zero-order valence-electron chi connectivity index (χ0n) is 19.8. The second kappa shape index (κ2) is 9.04. The van der Waals surface area contributed by atoms with Crippen LogP contribution in [0.1, 0.15) is 59.6 Å². The summed E-state index contributed by atoms with van der Waals surface area (Å²) >= 11 is 6.32. The molecule has 0 fully saturated rings. The van der Waals surface area contributed by atoms with Crippen LogP contribution < -0.4 is 10.0 Å². The molecule has 0 aliphatic heterocycles. The van der Waals surface area contributed by atoms with Crippen molar-refractivity contribution < 1.29 is 8.42 Å². The minimum Gasteiger partial charge on any atom is -0.326 e. The van der Waals surface area contributed by atoms with Gasteiger partial charge in [-0.3, -0.25) is 0 Å². The Hall–Kier alpha value is -2.09. The van der Waals surface area contributed by atoms with Gasteiger partial charge in [-0.05, 0) is 68.5 Å². The molecule has 0 spiro atoms. The van der Waals surface area contributed by atoms with Crippen LogP contribution in [0.25, 0.3) is 11.0 Å². The summed E-state index contributed by atoms with van der Waals surface area (Å²) < 4.78 is 30.6. The Labute approximate surface area is 196 Å². The second-order valence-corrected chi connectivity index (χ2v) is 11.6. The van der Waals surface area contributed by atoms with Crippen molar-refractivity contribution in [2.75, 3.05) is 5.32 Å². The number of hydrogen-bond donors (Lipinski definition) is 2. The number of rotatable bonds is 7. The van der Waals surface area contributed by atoms with E-state index >= 15 is 0 Å². The highest BCUT2D eigenvalue weighted by Crippen LogP contribution is 2.37. The smallest absolute Gasteiger partial charge is 0.240 e. The summed E-state index contributed by atoms with van der Waals surface area (Å²) in [6.07, 6.45) is 0.716. The Balaban J connectivity index is 2.16. The van der Waals surface area contributed by atoms with Gasteiger partial charge in [0.2, 0.25) is 16.0 Å². The number of anilines is 2. The lowest BCUT2D eigenvalue weighted by atomic mass is 9.88. The molecule has 1 unspecified atom stereocenters. The molecular weight excluding hydrogens is 444 g/mol. The molecule has 32 heavy (non-hydrogen) atoms. The van der Waals surface area contributed by atoms with Crippen LogP contribution in [0.15, 0.2) is 41.3 Å². The summed E-state index contributed by atoms with van der Waals surface area (Å²) in [5.41, 5.74) is 3.23. The number of aromatic nitrogens is 2. The standard InChI is InChI=1S/C24H33ClN4O2S/c1-8-16(3)28-32(30,31)19-11-12-21-22(14-19)29(17(4)24(5,6)7)23(27-21)26-18-10-9-15(2)20(25)13-18/h9-14,16-17,28H,8H2,1-7H3,(H,26,27)/t16?,17-/m1/s1. The molecule has 0 saturated heterocycles. The van der Waals surface area contributed by atoms with E-state index in [9.17, 15) is 8.42 Å². The van der Waals surface area contributed by atoms with E-state index in [1.165, 1.54) is 0 Å². The molecule has 174 valence electrons. The van der Waals surface area contributed by atoms with Gasteiger partial charge in [-0.1, -0.05) is 45.4 Å². The van der Waals surface area contributed by atoms with Crippen LogP contribution in [0, 0.1) is 12.3 Å². The average Bonchev–Trinajstić information content (AvgIpc) is 3.05. The Morgan fingerprint density at radius 2 is 1.81 bits per heavy atom. The molecule has 2 N–H and O–H groups in total. The molecule has 0 aliphatic carbocycles. The van der Waals surface area contributed by atoms with Gasteiger partial charge in [0.15, 0.2) is 0 Å². The molecule has 1 aromatic heterocycles. The lowest BCUT2D eigenvalue weighted by Gasteiger charge is -2.30. The highest BCUT2D eigenvalue weighted by Gasteiger charge is 2.27. The Morgan fingerprint density at radius 3 is 2.41 bits per heavy atom. The maximum Gasteiger partial charge on any atom is 0.240 e. The number of benzene rings is 2. The third-order valence-electron chi connectivity index (χ3n) is 6.01. The minimum absolute atomic E-state index is 0.0383. The third kappa shape index (κ3) is 5.11. The molecule has 0 amide bonds. The molecule has 6 nitrogen and oxygen atoms in total. The van der Waals surface area contributed by atoms with E-state index < -0.39 is 10.0 Å². The van der Waals surface area contributed by atoms with Crippen molar-refractivity contribution in [3.63, 3.8) is 0 Å². The monoisotopic (exact) mass is 476 g/mol. The van der Waals surface area contributed by atoms with E-state index in [1.54, 1.807) is 18.2 Å². The molecule has 1 heterocycles. The van der Waals surface area contributed by atoms with Crippen LogP contribution in [0.5, 0.6) is 0 Å². The maximum atomic E-state index is 12.9. The Morgan fingerprint density at radius 1 is 1.12 bits per heavy atom. The highest BCUT2D eigenvalue weighted by molar-refractivity contribution is 7.89. The number of sulfonamides is 1. The van der Waals surface area contributed by atoms with Gasteiger partial charge in [0.05, 0.1) is 15.9 Å². The van der Waals surface area contributed by atoms with Crippen LogP contribution >= 0.6 is 11.6 Å². The molecule has 8 heteroatoms. The number of aryl methyl sites for hydroxylation is 1. The number of fused-ring (bicyclic) bond motifs is 1. The topological polar surface area (TPSA) is 76.0 Å². The highest BCUT2D eigenvalue weighted by atomic mass is 35.5. The van der Waals surface area contributed by atoms with Gasteiger partial charge >= 0.3 is 0 Å². The number of halogens is 1. The van der Waals surface area contributed by atoms with E-state index in [0.717, 1.165) is 22.3 Å². The molecular formula is C24H33ClN4O2S. The van der Waals surface area contributed by atoms with E-state index in [1.807, 2.05) is 39.0 Å². The molecule has 0 radical (unpaired) electrons. The van der Waals surface area contributed by atoms with E-state index in [-0.39, 0.29) is 22.4 Å². The summed E-state index contributed by atoms with van der Waals surface area (Å²) in [5, 5.41) is 4.06. The fourth-order valence-corrected chi connectivity index (χ4v) is 4.85. The van der Waals surface area contributed by atoms with E-state index in [2.05, 4.69) is 42.3 Å². The molecule has 0 bridgehead atoms. The molecule has 2 aromatic carbocycles. The summed E-state index contributed by atoms with van der Waals surface area (Å²) in [7, 11) is -3.63. The summed E-state index contributed by atoms with van der Waals surface area (Å²) in [4.78, 5) is 5.02. The lowest BCUT2D eigenvalue weighted by Crippen LogP contribution is -2.32. The van der Waals surface area contributed by atoms with E-state index in [4.69, 9.17) is 16.6 Å². The number of imidazole rings is 1. The van der Waals surface area contributed by atoms with Gasteiger partial charge in [-0.25, -0.2) is 18.1 Å². The van der Waals surface area contributed by atoms with Gasteiger partial charge in [0, 0.05) is 22.8 Å². The fourth-order valence-electron chi connectivity index (χ4n) is 3.32. The number of nitrogens with one attached hydrogen (secondary N) is 2. The van der Waals surface area contributed by atoms with Gasteiger partial charge in [0.1, 0.15) is 0 Å². The Bertz CT molecular complexity index is 1230. The summed E-state index contributed by atoms with van der Waals surface area (Å²) in [5.74, 6) is 0.645. The minimum atomic E-state index is -3.63. The van der Waals surface area contributed by atoms with Crippen LogP contribution in [0.3, 0.4) is 0 Å². The Kier molecular flexibility index (Phi) is 6.94. The number of nitrogens with zero attached hydrogens (tertiary/aromatic N) is 2. The molecule has 2 atom stereocenters. The SMILES string of the molecule is CCC(C)NS(=O)(=O)c1ccc2nc(Nc3ccc(C)c(Cl)c3)n([C@H](C)C(C)(C)C)c2c1. The first-order valence-electron chi connectivity index (χ1n) is 10.9. The van der Waals surface area contributed by atoms with Crippen LogP contribution in [-0.2, 0) is 10.0 Å². The average molecular weight is 477 g/mol. The van der Waals surface area contributed by atoms with Crippen molar-refractivity contribution in [2.45, 2.75) is 71.9 Å². The third-order valence-corrected chi connectivity index (χ3v) is 8.00. The summed E-state index contributed by atoms with van der Waals surface area (Å²) in [6, 6.07) is 10.8. The van der Waals surface area contributed by atoms with Gasteiger partial charge in [-0.15, -0.1) is 0 Å². The lowest BCUT2D eigenvalue weighted by molar-refractivity contribution is 0.270. The van der Waals surface area contributed by atoms with E-state index in [0.29, 0.717) is 17.4 Å². The molecule has 3 rings (SSSR count). The van der Waals surface area contributed by atoms with Crippen molar-refractivity contribution in [1.82, 2.24) is 14.3 Å². The van der Waals surface area contributed by atoms with Crippen molar-refractivity contribution in [3.05, 3.63) is 47.0 Å². The normalized spacial score (nSPS) is 14.5. The molecule has 0 saturated carbocycles. The quantitative estimate of drug-likeness (QED) is 0.412. The fraction of sp³-hybridized carbons (Fsp3) is 0.458. The predicted molar refractivity (Wildman–Crippen MR) is 133 cm³/mol. The van der Waals surface area contributed by atoms with Crippen LogP contribution in [0.2, 0.25) is 5.02 Å². The first-order chi connectivity index (χ1) is 14.8. The molecule has 3 aromatic rings. The zero-order chi connectivity index (χ0) is 23.8. The first-order valence-corrected chi connectivity index (χ1v) is 12.8. The molecule has 0 aliphatic rings. The van der Waals surface area contributed by atoms with Gasteiger partial charge in [-0.2, -0.15) is 0 Å². The van der Waals surface area contributed by atoms with Gasteiger partial charge in [0.25, 0.3) is 0 Å². The first kappa shape index (κ1) is 24.6. The van der Waals surface area contributed by atoms with Crippen molar-refractivity contribution >= 4 is 44.3 Å². The van der Waals surface area contributed by atoms with Crippen LogP contribution in [0.4, 0.5) is 11.6 Å². The summed E-state index contributed by atoms with van der Waals surface area (Å²) in [6.45, 7) is 14.3. The number of hydrogen-bond acceptors (Lipinski definition) is 4. The second-order valence-electron chi connectivity index (χ2n) is 9.52. The predicted octanol–water partition coefficient (Wildman–Crippen LogP) is 6.43. The van der Waals surface area contributed by atoms with Crippen molar-refractivity contribution in [3.8, 4) is 0 Å².